The van der Waals surface area contributed by atoms with Gasteiger partial charge in [0.05, 0.1) is 0 Å². The van der Waals surface area contributed by atoms with Crippen molar-refractivity contribution in [3.05, 3.63) is 0 Å². The van der Waals surface area contributed by atoms with Crippen LogP contribution in [0.15, 0.2) is 0 Å². The van der Waals surface area contributed by atoms with Crippen molar-refractivity contribution in [3.63, 3.8) is 0 Å². The van der Waals surface area contributed by atoms with Gasteiger partial charge in [0.1, 0.15) is 0 Å². The Kier molecular flexibility index (Phi) is 169. The molecule has 0 bridgehead atoms. The summed E-state index contributed by atoms with van der Waals surface area (Å²) in [6.45, 7) is 0. The summed E-state index contributed by atoms with van der Waals surface area (Å²) in [6.07, 6.45) is 0. The van der Waals surface area contributed by atoms with Gasteiger partial charge in [-0.05, 0) is 0 Å². The standard InChI is InChI=1S/2CN.Ca.4H2O/c2*1-2;;;;;/h;;;4*1H2. The van der Waals surface area contributed by atoms with Gasteiger partial charge >= 0.3 is 48.7 Å². The summed E-state index contributed by atoms with van der Waals surface area (Å²) in [6, 6.07) is 0. The largest absolute Gasteiger partial charge is 0.412 e. The van der Waals surface area contributed by atoms with E-state index in [-0.39, 0.29) is 21.9 Å². The van der Waals surface area contributed by atoms with E-state index in [4.69, 9.17) is 10.5 Å². The van der Waals surface area contributed by atoms with Crippen molar-refractivity contribution in [3.8, 4) is 4.33 Å². The molecule has 0 unspecified atom stereocenters. The zero-order valence-corrected chi connectivity index (χ0v) is 6.81. The monoisotopic (exact) mass is 164 g/mol. The van der Waals surface area contributed by atoms with E-state index in [9.17, 15) is 0 Å². The molecule has 0 rings (SSSR count). The molecular formula is C2H8CaN2O4. The first-order chi connectivity index (χ1) is 2.41. The Balaban J connectivity index is -0.0000000133. The average Bonchev–Trinajstić information content (AvgIpc) is 1.41. The molecule has 0 spiro atoms. The molecule has 0 fully saturated rings. The van der Waals surface area contributed by atoms with E-state index >= 15 is 0 Å². The number of nitriles is 2. The Morgan fingerprint density at radius 3 is 1.00 bits per heavy atom. The van der Waals surface area contributed by atoms with Gasteiger partial charge < -0.3 is 21.9 Å². The van der Waals surface area contributed by atoms with Crippen LogP contribution >= 0.6 is 0 Å². The molecule has 7 heteroatoms. The van der Waals surface area contributed by atoms with E-state index < -0.39 is 33.8 Å². The number of nitrogens with zero attached hydrogens (tertiary/aromatic N) is 2. The molecular weight excluding hydrogens is 156 g/mol. The van der Waals surface area contributed by atoms with E-state index in [1.54, 1.807) is 0 Å². The fourth-order valence-electron chi connectivity index (χ4n) is 0.0354. The first-order valence-corrected chi connectivity index (χ1v) is 3.36. The van der Waals surface area contributed by atoms with Gasteiger partial charge in [-0.2, -0.15) is 0 Å². The second kappa shape index (κ2) is 42.7. The molecule has 0 aliphatic carbocycles. The number of hydrogen-bond acceptors (Lipinski definition) is 2. The van der Waals surface area contributed by atoms with Gasteiger partial charge in [-0.1, -0.05) is 0 Å². The van der Waals surface area contributed by atoms with Crippen LogP contribution in [0.1, 0.15) is 0 Å². The topological polar surface area (TPSA) is 174 Å². The van der Waals surface area contributed by atoms with Gasteiger partial charge in [-0.25, -0.2) is 0 Å². The Hall–Kier alpha value is 0.0797. The van der Waals surface area contributed by atoms with E-state index in [1.807, 2.05) is 4.33 Å². The molecule has 0 amide bonds. The Bertz CT molecular complexity index is 81.7. The summed E-state index contributed by atoms with van der Waals surface area (Å²) in [7, 11) is 0. The maximum absolute atomic E-state index is 7.68. The van der Waals surface area contributed by atoms with Crippen LogP contribution in [0.5, 0.6) is 0 Å². The molecule has 0 aromatic carbocycles. The predicted octanol–water partition coefficient (Wildman–Crippen LogP) is -3.65. The molecule has 8 N–H and O–H groups in total. The van der Waals surface area contributed by atoms with Gasteiger partial charge in [-0.15, -0.1) is 0 Å². The van der Waals surface area contributed by atoms with Crippen LogP contribution in [0, 0.1) is 14.9 Å². The second-order valence-electron chi connectivity index (χ2n) is 0.493. The maximum Gasteiger partial charge on any atom is -0.412 e. The number of rotatable bonds is 0. The Morgan fingerprint density at radius 1 is 0.778 bits per heavy atom. The second-order valence-corrected chi connectivity index (χ2v) is 2.03. The van der Waals surface area contributed by atoms with Crippen LogP contribution in [0.2, 0.25) is 0 Å². The summed E-state index contributed by atoms with van der Waals surface area (Å²) in [5, 5.41) is 15.4. The molecule has 0 aromatic rings. The molecule has 9 heavy (non-hydrogen) atoms. The first-order valence-electron chi connectivity index (χ1n) is 1.15. The average molecular weight is 164 g/mol. The minimum Gasteiger partial charge on any atom is -0.412 e. The molecule has 0 aliphatic heterocycles. The molecule has 6 nitrogen and oxygen atoms in total. The van der Waals surface area contributed by atoms with Crippen molar-refractivity contribution in [1.29, 1.82) is 10.5 Å². The molecule has 0 atom stereocenters. The van der Waals surface area contributed by atoms with Gasteiger partial charge in [-0.3, -0.25) is 0 Å². The minimum atomic E-state index is -1.29. The van der Waals surface area contributed by atoms with Crippen molar-refractivity contribution in [2.45, 2.75) is 0 Å². The van der Waals surface area contributed by atoms with Gasteiger partial charge in [0.2, 0.25) is 0 Å². The maximum atomic E-state index is 7.68. The van der Waals surface area contributed by atoms with Crippen molar-refractivity contribution in [2.75, 3.05) is 0 Å². The van der Waals surface area contributed by atoms with Crippen LogP contribution in [0.3, 0.4) is 0 Å². The van der Waals surface area contributed by atoms with Gasteiger partial charge in [0.25, 0.3) is 0 Å². The summed E-state index contributed by atoms with van der Waals surface area (Å²) in [4.78, 5) is 0. The zero-order valence-electron chi connectivity index (χ0n) is 4.60. The van der Waals surface area contributed by atoms with Gasteiger partial charge in [0, 0.05) is 0 Å². The summed E-state index contributed by atoms with van der Waals surface area (Å²) in [5.74, 6) is 0. The zero-order chi connectivity index (χ0) is 4.12. The van der Waals surface area contributed by atoms with E-state index in [0.29, 0.717) is 0 Å². The van der Waals surface area contributed by atoms with Crippen LogP contribution in [-0.2, 0) is 0 Å². The summed E-state index contributed by atoms with van der Waals surface area (Å²) < 4.78 is 3.69. The van der Waals surface area contributed by atoms with E-state index in [0.717, 1.165) is 0 Å². The Labute approximate surface area is 70.2 Å². The number of hydrogen-bond donors (Lipinski definition) is 0. The van der Waals surface area contributed by atoms with Crippen molar-refractivity contribution in [1.82, 2.24) is 0 Å². The molecule has 0 saturated heterocycles. The molecule has 0 aromatic heterocycles. The van der Waals surface area contributed by atoms with E-state index in [2.05, 4.69) is 0 Å². The molecule has 0 heterocycles. The molecule has 0 saturated carbocycles. The summed E-state index contributed by atoms with van der Waals surface area (Å²) in [5.41, 5.74) is 0. The first kappa shape index (κ1) is 35.6. The SMILES string of the molecule is N#[C][Ca][C]#N.O.O.O.O. The molecule has 0 radical (unpaired) electrons. The van der Waals surface area contributed by atoms with Crippen LogP contribution in [-0.4, -0.2) is 55.7 Å². The van der Waals surface area contributed by atoms with Crippen LogP contribution in [0.4, 0.5) is 0 Å². The quantitative estimate of drug-likeness (QED) is 0.336. The van der Waals surface area contributed by atoms with Gasteiger partial charge in [0.15, 0.2) is 0 Å². The van der Waals surface area contributed by atoms with Crippen LogP contribution < -0.4 is 0 Å². The van der Waals surface area contributed by atoms with Crippen molar-refractivity contribution in [2.24, 2.45) is 0 Å². The Morgan fingerprint density at radius 2 is 1.00 bits per heavy atom. The predicted molar refractivity (Wildman–Crippen MR) is 31.4 cm³/mol. The minimum absolute atomic E-state index is 0. The third-order valence-electron chi connectivity index (χ3n) is 0.158. The summed E-state index contributed by atoms with van der Waals surface area (Å²) >= 11 is -1.29. The normalized spacial score (nSPS) is 1.56. The van der Waals surface area contributed by atoms with Crippen molar-refractivity contribution >= 4 is 33.8 Å². The smallest absolute Gasteiger partial charge is 0.412 e. The third kappa shape index (κ3) is 69.0. The fourth-order valence-corrected chi connectivity index (χ4v) is 0.146. The van der Waals surface area contributed by atoms with E-state index in [1.165, 1.54) is 0 Å². The fraction of sp³-hybridized carbons (Fsp3) is 0. The molecule has 0 aliphatic rings. The van der Waals surface area contributed by atoms with Crippen LogP contribution in [0.25, 0.3) is 0 Å². The third-order valence-corrected chi connectivity index (χ3v) is 0.652. The van der Waals surface area contributed by atoms with Crippen molar-refractivity contribution < 1.29 is 21.9 Å². The molecule has 52 valence electrons.